The van der Waals surface area contributed by atoms with Crippen LogP contribution in [-0.4, -0.2) is 41.3 Å². The van der Waals surface area contributed by atoms with Gasteiger partial charge in [-0.25, -0.2) is 13.8 Å². The minimum atomic E-state index is -0.440. The van der Waals surface area contributed by atoms with Crippen molar-refractivity contribution in [1.82, 2.24) is 15.5 Å². The van der Waals surface area contributed by atoms with Gasteiger partial charge in [-0.15, -0.1) is 0 Å². The van der Waals surface area contributed by atoms with E-state index in [9.17, 15) is 13.6 Å². The summed E-state index contributed by atoms with van der Waals surface area (Å²) < 4.78 is 31.6. The van der Waals surface area contributed by atoms with Crippen LogP contribution < -0.4 is 10.6 Å². The SMILES string of the molecule is O=C(NC(=NCC1CCO1)Nc1cc(-c2ccc(F)cc2)[nH]n1)c1ccc(F)cc1. The maximum absolute atomic E-state index is 13.1. The lowest BCUT2D eigenvalue weighted by atomic mass is 10.1. The van der Waals surface area contributed by atoms with E-state index in [2.05, 4.69) is 25.8 Å². The van der Waals surface area contributed by atoms with Crippen LogP contribution in [0.3, 0.4) is 0 Å². The predicted octanol–water partition coefficient (Wildman–Crippen LogP) is 3.34. The van der Waals surface area contributed by atoms with Crippen LogP contribution in [0.15, 0.2) is 59.6 Å². The van der Waals surface area contributed by atoms with Crippen LogP contribution in [0.4, 0.5) is 14.6 Å². The minimum absolute atomic E-state index is 0.0125. The van der Waals surface area contributed by atoms with Gasteiger partial charge in [-0.05, 0) is 60.5 Å². The zero-order valence-corrected chi connectivity index (χ0v) is 15.9. The highest BCUT2D eigenvalue weighted by atomic mass is 19.1. The van der Waals surface area contributed by atoms with E-state index in [0.29, 0.717) is 30.2 Å². The van der Waals surface area contributed by atoms with E-state index in [1.165, 1.54) is 36.4 Å². The molecule has 1 aromatic heterocycles. The number of aromatic amines is 1. The lowest BCUT2D eigenvalue weighted by Crippen LogP contribution is -2.38. The van der Waals surface area contributed by atoms with Crippen molar-refractivity contribution in [2.24, 2.45) is 4.99 Å². The Bertz CT molecular complexity index is 1040. The van der Waals surface area contributed by atoms with E-state index in [-0.39, 0.29) is 17.9 Å². The summed E-state index contributed by atoms with van der Waals surface area (Å²) in [5.41, 5.74) is 1.72. The Morgan fingerprint density at radius 3 is 2.43 bits per heavy atom. The zero-order valence-electron chi connectivity index (χ0n) is 15.9. The van der Waals surface area contributed by atoms with Gasteiger partial charge in [0.15, 0.2) is 5.82 Å². The highest BCUT2D eigenvalue weighted by Gasteiger charge is 2.18. The molecule has 0 aliphatic carbocycles. The number of nitrogens with zero attached hydrogens (tertiary/aromatic N) is 2. The van der Waals surface area contributed by atoms with Crippen LogP contribution in [0, 0.1) is 11.6 Å². The molecule has 1 unspecified atom stereocenters. The second kappa shape index (κ2) is 8.83. The number of halogens is 2. The average Bonchev–Trinajstić information content (AvgIpc) is 3.16. The number of rotatable bonds is 5. The van der Waals surface area contributed by atoms with Gasteiger partial charge in [0.25, 0.3) is 5.91 Å². The molecule has 154 valence electrons. The van der Waals surface area contributed by atoms with Gasteiger partial charge in [0.1, 0.15) is 11.6 Å². The summed E-state index contributed by atoms with van der Waals surface area (Å²) in [5.74, 6) is -0.581. The Hall–Kier alpha value is -3.59. The van der Waals surface area contributed by atoms with Crippen molar-refractivity contribution in [3.05, 3.63) is 71.8 Å². The van der Waals surface area contributed by atoms with Gasteiger partial charge in [-0.1, -0.05) is 0 Å². The zero-order chi connectivity index (χ0) is 20.9. The third kappa shape index (κ3) is 4.87. The van der Waals surface area contributed by atoms with E-state index < -0.39 is 11.7 Å². The van der Waals surface area contributed by atoms with Crippen molar-refractivity contribution < 1.29 is 18.3 Å². The Balaban J connectivity index is 1.49. The van der Waals surface area contributed by atoms with Crippen molar-refractivity contribution in [3.63, 3.8) is 0 Å². The number of nitrogens with one attached hydrogen (secondary N) is 3. The van der Waals surface area contributed by atoms with Gasteiger partial charge in [0.2, 0.25) is 5.96 Å². The predicted molar refractivity (Wildman–Crippen MR) is 108 cm³/mol. The summed E-state index contributed by atoms with van der Waals surface area (Å²) in [7, 11) is 0. The molecule has 0 spiro atoms. The maximum Gasteiger partial charge on any atom is 0.257 e. The highest BCUT2D eigenvalue weighted by Crippen LogP contribution is 2.20. The maximum atomic E-state index is 13.1. The van der Waals surface area contributed by atoms with Crippen LogP contribution >= 0.6 is 0 Å². The van der Waals surface area contributed by atoms with Crippen LogP contribution in [-0.2, 0) is 4.74 Å². The molecule has 0 radical (unpaired) electrons. The largest absolute Gasteiger partial charge is 0.376 e. The number of guanidine groups is 1. The molecule has 4 rings (SSSR count). The number of hydrogen-bond donors (Lipinski definition) is 3. The Labute approximate surface area is 171 Å². The summed E-state index contributed by atoms with van der Waals surface area (Å²) in [6.45, 7) is 1.08. The number of carbonyl (C=O) groups excluding carboxylic acids is 1. The number of amides is 1. The van der Waals surface area contributed by atoms with Crippen molar-refractivity contribution in [3.8, 4) is 11.3 Å². The molecule has 1 aliphatic rings. The third-order valence-corrected chi connectivity index (χ3v) is 4.56. The highest BCUT2D eigenvalue weighted by molar-refractivity contribution is 6.09. The first-order chi connectivity index (χ1) is 14.6. The lowest BCUT2D eigenvalue weighted by Gasteiger charge is -2.24. The molecule has 3 N–H and O–H groups in total. The first-order valence-corrected chi connectivity index (χ1v) is 9.38. The Kier molecular flexibility index (Phi) is 5.80. The van der Waals surface area contributed by atoms with Crippen LogP contribution in [0.25, 0.3) is 11.3 Å². The smallest absolute Gasteiger partial charge is 0.257 e. The van der Waals surface area contributed by atoms with Crippen LogP contribution in [0.5, 0.6) is 0 Å². The average molecular weight is 411 g/mol. The summed E-state index contributed by atoms with van der Waals surface area (Å²) in [6.07, 6.45) is 0.915. The van der Waals surface area contributed by atoms with Crippen molar-refractivity contribution in [2.75, 3.05) is 18.5 Å². The number of hydrogen-bond acceptors (Lipinski definition) is 4. The molecule has 1 atom stereocenters. The van der Waals surface area contributed by atoms with Gasteiger partial charge in [0.05, 0.1) is 18.3 Å². The molecular weight excluding hydrogens is 392 g/mol. The van der Waals surface area contributed by atoms with Crippen molar-refractivity contribution in [2.45, 2.75) is 12.5 Å². The number of ether oxygens (including phenoxy) is 1. The van der Waals surface area contributed by atoms with E-state index in [1.807, 2.05) is 0 Å². The summed E-state index contributed by atoms with van der Waals surface area (Å²) in [5, 5.41) is 12.7. The topological polar surface area (TPSA) is 91.4 Å². The monoisotopic (exact) mass is 411 g/mol. The molecule has 9 heteroatoms. The standard InChI is InChI=1S/C21H19F2N5O2/c22-15-5-1-13(2-6-15)18-11-19(28-27-18)25-21(24-12-17-9-10-30-17)26-20(29)14-3-7-16(23)8-4-14/h1-8,11,17H,9-10,12H2,(H3,24,25,26,27,28,29). The first kappa shape index (κ1) is 19.7. The molecule has 1 saturated heterocycles. The third-order valence-electron chi connectivity index (χ3n) is 4.56. The number of benzene rings is 2. The van der Waals surface area contributed by atoms with Gasteiger partial charge < -0.3 is 10.1 Å². The molecule has 1 fully saturated rings. The van der Waals surface area contributed by atoms with Crippen LogP contribution in [0.2, 0.25) is 0 Å². The normalized spacial score (nSPS) is 16.1. The second-order valence-corrected chi connectivity index (χ2v) is 6.73. The number of anilines is 1. The molecule has 2 aromatic carbocycles. The van der Waals surface area contributed by atoms with Gasteiger partial charge >= 0.3 is 0 Å². The summed E-state index contributed by atoms with van der Waals surface area (Å²) in [6, 6.07) is 12.9. The fourth-order valence-electron chi connectivity index (χ4n) is 2.80. The Morgan fingerprint density at radius 2 is 1.80 bits per heavy atom. The first-order valence-electron chi connectivity index (χ1n) is 9.38. The van der Waals surface area contributed by atoms with Gasteiger partial charge in [0, 0.05) is 18.2 Å². The van der Waals surface area contributed by atoms with E-state index in [0.717, 1.165) is 12.0 Å². The van der Waals surface area contributed by atoms with Gasteiger partial charge in [-0.2, -0.15) is 5.10 Å². The number of aromatic nitrogens is 2. The Morgan fingerprint density at radius 1 is 1.13 bits per heavy atom. The molecule has 1 aliphatic heterocycles. The van der Waals surface area contributed by atoms with Crippen LogP contribution in [0.1, 0.15) is 16.8 Å². The van der Waals surface area contributed by atoms with Crippen molar-refractivity contribution >= 4 is 17.7 Å². The van der Waals surface area contributed by atoms with Gasteiger partial charge in [-0.3, -0.25) is 15.2 Å². The van der Waals surface area contributed by atoms with Crippen molar-refractivity contribution in [1.29, 1.82) is 0 Å². The molecule has 3 aromatic rings. The molecular formula is C21H19F2N5O2. The second-order valence-electron chi connectivity index (χ2n) is 6.73. The fourth-order valence-corrected chi connectivity index (χ4v) is 2.80. The number of aliphatic imine (C=N–C) groups is 1. The molecule has 1 amide bonds. The van der Waals surface area contributed by atoms with E-state index >= 15 is 0 Å². The molecule has 0 bridgehead atoms. The minimum Gasteiger partial charge on any atom is -0.376 e. The molecule has 2 heterocycles. The van der Waals surface area contributed by atoms with E-state index in [1.54, 1.807) is 18.2 Å². The summed E-state index contributed by atoms with van der Waals surface area (Å²) in [4.78, 5) is 16.9. The number of carbonyl (C=O) groups is 1. The summed E-state index contributed by atoms with van der Waals surface area (Å²) >= 11 is 0. The molecule has 7 nitrogen and oxygen atoms in total. The lowest BCUT2D eigenvalue weighted by molar-refractivity contribution is -0.0432. The fraction of sp³-hybridized carbons (Fsp3) is 0.190. The quantitative estimate of drug-likeness (QED) is 0.444. The van der Waals surface area contributed by atoms with E-state index in [4.69, 9.17) is 4.74 Å². The number of H-pyrrole nitrogens is 1. The molecule has 0 saturated carbocycles. The molecule has 30 heavy (non-hydrogen) atoms.